The lowest BCUT2D eigenvalue weighted by atomic mass is 10.1. The van der Waals surface area contributed by atoms with Crippen LogP contribution in [0.1, 0.15) is 163 Å². The van der Waals surface area contributed by atoms with Gasteiger partial charge in [0, 0.05) is 0 Å². The number of benzene rings is 2. The molecule has 0 radical (unpaired) electrons. The summed E-state index contributed by atoms with van der Waals surface area (Å²) in [4.78, 5) is 23.6. The van der Waals surface area contributed by atoms with Crippen LogP contribution in [0.15, 0.2) is 24.3 Å². The van der Waals surface area contributed by atoms with Crippen molar-refractivity contribution in [2.75, 3.05) is 13.2 Å². The zero-order valence-electron chi connectivity index (χ0n) is 29.2. The van der Waals surface area contributed by atoms with Gasteiger partial charge in [-0.25, -0.2) is 9.59 Å². The maximum atomic E-state index is 11.8. The van der Waals surface area contributed by atoms with Crippen LogP contribution in [-0.4, -0.2) is 55.8 Å². The van der Waals surface area contributed by atoms with E-state index in [1.807, 2.05) is 0 Å². The molecule has 0 fully saturated rings. The molecule has 0 heterocycles. The molecule has 0 saturated carbocycles. The minimum atomic E-state index is -0.638. The van der Waals surface area contributed by atoms with E-state index in [1.165, 1.54) is 89.9 Å². The standard InChI is InChI=1S/2C19H30O5/c2*1-2-3-4-5-6-7-8-9-10-11-12-24-19(23)15-13-16(20)18(22)17(21)14-15/h2*13-14,20-22H,2-12H2,1H3. The third-order valence-electron chi connectivity index (χ3n) is 8.07. The largest absolute Gasteiger partial charge is 0.504 e. The number of esters is 2. The Balaban J connectivity index is 0.000000480. The van der Waals surface area contributed by atoms with Crippen LogP contribution in [0.2, 0.25) is 0 Å². The van der Waals surface area contributed by atoms with Gasteiger partial charge in [-0.2, -0.15) is 0 Å². The topological polar surface area (TPSA) is 174 Å². The third kappa shape index (κ3) is 18.5. The van der Waals surface area contributed by atoms with E-state index in [1.54, 1.807) is 0 Å². The zero-order valence-corrected chi connectivity index (χ0v) is 29.2. The first-order valence-corrected chi connectivity index (χ1v) is 18.0. The average Bonchev–Trinajstić information content (AvgIpc) is 3.07. The van der Waals surface area contributed by atoms with Gasteiger partial charge < -0.3 is 40.1 Å². The van der Waals surface area contributed by atoms with Gasteiger partial charge >= 0.3 is 11.9 Å². The van der Waals surface area contributed by atoms with E-state index in [4.69, 9.17) is 9.47 Å². The van der Waals surface area contributed by atoms with Crippen LogP contribution in [0.3, 0.4) is 0 Å². The molecule has 0 aromatic heterocycles. The normalized spacial score (nSPS) is 10.7. The summed E-state index contributed by atoms with van der Waals surface area (Å²) in [6.07, 6.45) is 24.1. The Morgan fingerprint density at radius 2 is 0.646 bits per heavy atom. The molecule has 6 N–H and O–H groups in total. The van der Waals surface area contributed by atoms with Gasteiger partial charge in [-0.05, 0) is 37.1 Å². The molecule has 48 heavy (non-hydrogen) atoms. The van der Waals surface area contributed by atoms with E-state index < -0.39 is 46.4 Å². The molecule has 2 aromatic carbocycles. The second-order valence-corrected chi connectivity index (χ2v) is 12.4. The van der Waals surface area contributed by atoms with Crippen molar-refractivity contribution in [3.8, 4) is 34.5 Å². The molecule has 0 amide bonds. The van der Waals surface area contributed by atoms with Gasteiger partial charge in [0.05, 0.1) is 24.3 Å². The fraction of sp³-hybridized carbons (Fsp3) is 0.632. The minimum absolute atomic E-state index is 0.0230. The molecule has 0 unspecified atom stereocenters. The molecule has 0 aliphatic rings. The van der Waals surface area contributed by atoms with Crippen LogP contribution in [0.4, 0.5) is 0 Å². The Morgan fingerprint density at radius 3 is 0.896 bits per heavy atom. The van der Waals surface area contributed by atoms with Gasteiger partial charge in [0.25, 0.3) is 0 Å². The SMILES string of the molecule is CCCCCCCCCCCCOC(=O)c1cc(O)c(O)c(O)c1.CCCCCCCCCCCCOC(=O)c1cc(O)c(O)c(O)c1. The van der Waals surface area contributed by atoms with Crippen LogP contribution in [0.5, 0.6) is 34.5 Å². The first-order chi connectivity index (χ1) is 23.1. The quantitative estimate of drug-likeness (QED) is 0.0357. The number of hydrogen-bond donors (Lipinski definition) is 6. The average molecular weight is 677 g/mol. The number of unbranched alkanes of at least 4 members (excludes halogenated alkanes) is 18. The van der Waals surface area contributed by atoms with E-state index in [2.05, 4.69) is 13.8 Å². The van der Waals surface area contributed by atoms with E-state index in [9.17, 15) is 40.2 Å². The van der Waals surface area contributed by atoms with E-state index in [0.717, 1.165) is 62.8 Å². The van der Waals surface area contributed by atoms with Gasteiger partial charge in [-0.3, -0.25) is 0 Å². The van der Waals surface area contributed by atoms with Gasteiger partial charge in [0.15, 0.2) is 34.5 Å². The summed E-state index contributed by atoms with van der Waals surface area (Å²) in [6.45, 7) is 5.08. The molecular weight excluding hydrogens is 616 g/mol. The third-order valence-corrected chi connectivity index (χ3v) is 8.07. The summed E-state index contributed by atoms with van der Waals surface area (Å²) in [6, 6.07) is 4.32. The molecule has 0 spiro atoms. The lowest BCUT2D eigenvalue weighted by Gasteiger charge is -2.07. The molecule has 0 bridgehead atoms. The molecule has 10 heteroatoms. The smallest absolute Gasteiger partial charge is 0.338 e. The van der Waals surface area contributed by atoms with Crippen molar-refractivity contribution in [2.24, 2.45) is 0 Å². The highest BCUT2D eigenvalue weighted by Crippen LogP contribution is 2.36. The number of rotatable bonds is 24. The van der Waals surface area contributed by atoms with Crippen molar-refractivity contribution in [1.82, 2.24) is 0 Å². The summed E-state index contributed by atoms with van der Waals surface area (Å²) >= 11 is 0. The maximum absolute atomic E-state index is 11.8. The lowest BCUT2D eigenvalue weighted by Crippen LogP contribution is -2.06. The highest BCUT2D eigenvalue weighted by Gasteiger charge is 2.15. The second kappa shape index (κ2) is 26.2. The van der Waals surface area contributed by atoms with Crippen LogP contribution >= 0.6 is 0 Å². The number of carbonyl (C=O) groups excluding carboxylic acids is 2. The van der Waals surface area contributed by atoms with Crippen molar-refractivity contribution in [2.45, 2.75) is 142 Å². The zero-order chi connectivity index (χ0) is 35.6. The monoisotopic (exact) mass is 676 g/mol. The number of ether oxygens (including phenoxy) is 2. The lowest BCUT2D eigenvalue weighted by molar-refractivity contribution is 0.0487. The van der Waals surface area contributed by atoms with Crippen molar-refractivity contribution < 1.29 is 49.7 Å². The molecule has 0 aliphatic carbocycles. The first kappa shape index (κ1) is 42.2. The highest BCUT2D eigenvalue weighted by molar-refractivity contribution is 5.91. The Bertz CT molecular complexity index is 1040. The fourth-order valence-corrected chi connectivity index (χ4v) is 5.12. The van der Waals surface area contributed by atoms with Crippen molar-refractivity contribution in [3.63, 3.8) is 0 Å². The van der Waals surface area contributed by atoms with Crippen molar-refractivity contribution >= 4 is 11.9 Å². The second-order valence-electron chi connectivity index (χ2n) is 12.4. The number of hydrogen-bond acceptors (Lipinski definition) is 10. The molecule has 2 aromatic rings. The number of phenolic OH excluding ortho intramolecular Hbond substituents is 6. The van der Waals surface area contributed by atoms with Gasteiger partial charge in [-0.15, -0.1) is 0 Å². The Kier molecular flexibility index (Phi) is 23.0. The Hall–Kier alpha value is -3.82. The van der Waals surface area contributed by atoms with E-state index in [0.29, 0.717) is 13.2 Å². The molecule has 2 rings (SSSR count). The number of carbonyl (C=O) groups is 2. The van der Waals surface area contributed by atoms with Crippen LogP contribution in [-0.2, 0) is 9.47 Å². The van der Waals surface area contributed by atoms with E-state index in [-0.39, 0.29) is 11.1 Å². The van der Waals surface area contributed by atoms with Crippen molar-refractivity contribution in [3.05, 3.63) is 35.4 Å². The summed E-state index contributed by atoms with van der Waals surface area (Å²) in [7, 11) is 0. The van der Waals surface area contributed by atoms with Gasteiger partial charge in [0.2, 0.25) is 0 Å². The molecular formula is C38H60O10. The summed E-state index contributed by atoms with van der Waals surface area (Å²) < 4.78 is 10.2. The summed E-state index contributed by atoms with van der Waals surface area (Å²) in [5, 5.41) is 56.0. The molecule has 0 atom stereocenters. The molecule has 272 valence electrons. The Morgan fingerprint density at radius 1 is 0.417 bits per heavy atom. The Labute approximate surface area is 286 Å². The van der Waals surface area contributed by atoms with Crippen molar-refractivity contribution in [1.29, 1.82) is 0 Å². The van der Waals surface area contributed by atoms with Crippen LogP contribution in [0.25, 0.3) is 0 Å². The molecule has 0 saturated heterocycles. The first-order valence-electron chi connectivity index (χ1n) is 18.0. The fourth-order valence-electron chi connectivity index (χ4n) is 5.12. The predicted octanol–water partition coefficient (Wildman–Crippen LogP) is 9.76. The van der Waals surface area contributed by atoms with Crippen LogP contribution < -0.4 is 0 Å². The highest BCUT2D eigenvalue weighted by atomic mass is 16.5. The van der Waals surface area contributed by atoms with Gasteiger partial charge in [0.1, 0.15) is 0 Å². The number of aromatic hydroxyl groups is 6. The van der Waals surface area contributed by atoms with E-state index >= 15 is 0 Å². The summed E-state index contributed by atoms with van der Waals surface area (Å²) in [5.74, 6) is -4.67. The maximum Gasteiger partial charge on any atom is 0.338 e. The predicted molar refractivity (Wildman–Crippen MR) is 187 cm³/mol. The summed E-state index contributed by atoms with van der Waals surface area (Å²) in [5.41, 5.74) is 0.0461. The molecule has 10 nitrogen and oxygen atoms in total. The molecule has 0 aliphatic heterocycles. The van der Waals surface area contributed by atoms with Gasteiger partial charge in [-0.1, -0.05) is 129 Å². The minimum Gasteiger partial charge on any atom is -0.504 e. The van der Waals surface area contributed by atoms with Crippen LogP contribution in [0, 0.1) is 0 Å². The number of phenols is 6.